The van der Waals surface area contributed by atoms with Crippen molar-refractivity contribution in [2.24, 2.45) is 0 Å². The van der Waals surface area contributed by atoms with Gasteiger partial charge in [0.25, 0.3) is 0 Å². The molecule has 0 saturated heterocycles. The van der Waals surface area contributed by atoms with Crippen LogP contribution in [0.15, 0.2) is 6.20 Å². The summed E-state index contributed by atoms with van der Waals surface area (Å²) in [5, 5.41) is 0. The fraction of sp³-hybridized carbons (Fsp3) is 0.250. The topological polar surface area (TPSA) is 39.2 Å². The van der Waals surface area contributed by atoms with Crippen LogP contribution in [0.5, 0.6) is 5.75 Å². The number of aromatic nitrogens is 1. The van der Waals surface area contributed by atoms with E-state index in [2.05, 4.69) is 9.72 Å². The Bertz CT molecular complexity index is 408. The van der Waals surface area contributed by atoms with Gasteiger partial charge in [-0.25, -0.2) is 9.37 Å². The van der Waals surface area contributed by atoms with Gasteiger partial charge in [0.1, 0.15) is 12.4 Å². The van der Waals surface area contributed by atoms with E-state index in [-0.39, 0.29) is 15.4 Å². The highest BCUT2D eigenvalue weighted by atomic mass is 127. The van der Waals surface area contributed by atoms with Gasteiger partial charge < -0.3 is 4.74 Å². The molecule has 0 aliphatic carbocycles. The first-order chi connectivity index (χ1) is 7.39. The van der Waals surface area contributed by atoms with E-state index in [1.54, 1.807) is 22.6 Å². The van der Waals surface area contributed by atoms with Crippen LogP contribution in [0.2, 0.25) is 0 Å². The molecule has 0 bridgehead atoms. The van der Waals surface area contributed by atoms with Crippen molar-refractivity contribution < 1.29 is 27.1 Å². The van der Waals surface area contributed by atoms with Gasteiger partial charge >= 0.3 is 6.36 Å². The summed E-state index contributed by atoms with van der Waals surface area (Å²) in [5.74, 6) is -0.878. The van der Waals surface area contributed by atoms with Gasteiger partial charge in [0.2, 0.25) is 0 Å². The van der Waals surface area contributed by atoms with Crippen LogP contribution < -0.4 is 4.74 Å². The number of halogens is 5. The van der Waals surface area contributed by atoms with Gasteiger partial charge in [0.05, 0.1) is 0 Å². The minimum absolute atomic E-state index is 0.0797. The number of aldehydes is 1. The molecule has 0 spiro atoms. The molecule has 16 heavy (non-hydrogen) atoms. The van der Waals surface area contributed by atoms with Crippen LogP contribution in [-0.4, -0.2) is 17.6 Å². The maximum atomic E-state index is 12.5. The second-order valence-electron chi connectivity index (χ2n) is 2.60. The maximum Gasteiger partial charge on any atom is 0.573 e. The van der Waals surface area contributed by atoms with Crippen molar-refractivity contribution in [3.8, 4) is 5.75 Å². The molecule has 0 radical (unpaired) electrons. The van der Waals surface area contributed by atoms with Crippen molar-refractivity contribution >= 4 is 28.9 Å². The third kappa shape index (κ3) is 3.03. The van der Waals surface area contributed by atoms with Gasteiger partial charge in [-0.3, -0.25) is 4.79 Å². The third-order valence-electron chi connectivity index (χ3n) is 1.58. The largest absolute Gasteiger partial charge is 0.573 e. The molecular formula is C8H4F4INO2. The molecule has 0 aromatic carbocycles. The zero-order valence-electron chi connectivity index (χ0n) is 7.52. The van der Waals surface area contributed by atoms with Crippen molar-refractivity contribution in [2.45, 2.75) is 13.0 Å². The van der Waals surface area contributed by atoms with Crippen LogP contribution in [0.3, 0.4) is 0 Å². The lowest BCUT2D eigenvalue weighted by molar-refractivity contribution is -0.275. The van der Waals surface area contributed by atoms with Crippen LogP contribution in [-0.2, 0) is 6.67 Å². The second kappa shape index (κ2) is 4.93. The number of carbonyl (C=O) groups is 1. The molecule has 1 heterocycles. The summed E-state index contributed by atoms with van der Waals surface area (Å²) in [7, 11) is 0. The lowest BCUT2D eigenvalue weighted by Gasteiger charge is -2.13. The Hall–Kier alpha value is -0.930. The highest BCUT2D eigenvalue weighted by Crippen LogP contribution is 2.31. The first-order valence-corrected chi connectivity index (χ1v) is 4.91. The Morgan fingerprint density at radius 1 is 1.50 bits per heavy atom. The average molecular weight is 349 g/mol. The molecule has 88 valence electrons. The van der Waals surface area contributed by atoms with E-state index < -0.39 is 24.5 Å². The number of pyridine rings is 1. The fourth-order valence-corrected chi connectivity index (χ4v) is 1.49. The summed E-state index contributed by atoms with van der Waals surface area (Å²) >= 11 is 1.60. The molecule has 0 saturated carbocycles. The Balaban J connectivity index is 3.31. The molecule has 0 amide bonds. The van der Waals surface area contributed by atoms with Gasteiger partial charge in [-0.15, -0.1) is 13.2 Å². The van der Waals surface area contributed by atoms with Gasteiger partial charge in [0.15, 0.2) is 12.0 Å². The van der Waals surface area contributed by atoms with E-state index in [4.69, 9.17) is 0 Å². The molecule has 3 nitrogen and oxygen atoms in total. The lowest BCUT2D eigenvalue weighted by Crippen LogP contribution is -2.20. The summed E-state index contributed by atoms with van der Waals surface area (Å²) in [6, 6.07) is 0. The predicted octanol–water partition coefficient (Wildman–Crippen LogP) is 2.87. The normalized spacial score (nSPS) is 11.3. The average Bonchev–Trinajstić information content (AvgIpc) is 2.16. The van der Waals surface area contributed by atoms with Crippen molar-refractivity contribution in [3.05, 3.63) is 21.0 Å². The number of carbonyl (C=O) groups excluding carboxylic acids is 1. The standard InChI is InChI=1S/C8H4F4INO2/c9-1-4-5(13)2-14-6(3-15)7(4)16-8(10,11)12/h2-3H,1H2. The molecule has 0 atom stereocenters. The smallest absolute Gasteiger partial charge is 0.403 e. The summed E-state index contributed by atoms with van der Waals surface area (Å²) in [6.45, 7) is -1.17. The van der Waals surface area contributed by atoms with Crippen molar-refractivity contribution in [2.75, 3.05) is 0 Å². The molecular weight excluding hydrogens is 345 g/mol. The molecule has 8 heteroatoms. The Labute approximate surface area is 101 Å². The van der Waals surface area contributed by atoms with Crippen LogP contribution in [0.4, 0.5) is 17.6 Å². The van der Waals surface area contributed by atoms with Gasteiger partial charge in [-0.1, -0.05) is 0 Å². The highest BCUT2D eigenvalue weighted by Gasteiger charge is 2.34. The van der Waals surface area contributed by atoms with Crippen molar-refractivity contribution in [3.63, 3.8) is 0 Å². The van der Waals surface area contributed by atoms with Crippen LogP contribution in [0, 0.1) is 3.57 Å². The van der Waals surface area contributed by atoms with Crippen LogP contribution in [0.25, 0.3) is 0 Å². The Kier molecular flexibility index (Phi) is 4.05. The molecule has 0 fully saturated rings. The van der Waals surface area contributed by atoms with Crippen LogP contribution >= 0.6 is 22.6 Å². The van der Waals surface area contributed by atoms with Gasteiger partial charge in [-0.05, 0) is 22.6 Å². The maximum absolute atomic E-state index is 12.5. The van der Waals surface area contributed by atoms with Crippen molar-refractivity contribution in [1.82, 2.24) is 4.98 Å². The zero-order chi connectivity index (χ0) is 12.3. The number of rotatable bonds is 3. The van der Waals surface area contributed by atoms with Gasteiger partial charge in [-0.2, -0.15) is 0 Å². The van der Waals surface area contributed by atoms with E-state index in [9.17, 15) is 22.4 Å². The van der Waals surface area contributed by atoms with E-state index in [1.807, 2.05) is 0 Å². The monoisotopic (exact) mass is 349 g/mol. The van der Waals surface area contributed by atoms with Crippen molar-refractivity contribution in [1.29, 1.82) is 0 Å². The molecule has 0 unspecified atom stereocenters. The van der Waals surface area contributed by atoms with E-state index in [0.29, 0.717) is 0 Å². The zero-order valence-corrected chi connectivity index (χ0v) is 9.67. The first-order valence-electron chi connectivity index (χ1n) is 3.83. The molecule has 0 aliphatic heterocycles. The first kappa shape index (κ1) is 13.1. The second-order valence-corrected chi connectivity index (χ2v) is 3.76. The summed E-state index contributed by atoms with van der Waals surface area (Å²) in [4.78, 5) is 13.9. The Morgan fingerprint density at radius 3 is 2.56 bits per heavy atom. The minimum atomic E-state index is -4.99. The van der Waals surface area contributed by atoms with E-state index >= 15 is 0 Å². The SMILES string of the molecule is O=Cc1ncc(I)c(CF)c1OC(F)(F)F. The minimum Gasteiger partial charge on any atom is -0.403 e. The highest BCUT2D eigenvalue weighted by molar-refractivity contribution is 14.1. The lowest BCUT2D eigenvalue weighted by atomic mass is 10.2. The number of ether oxygens (including phenoxy) is 1. The summed E-state index contributed by atoms with van der Waals surface area (Å²) in [6.07, 6.45) is -3.81. The number of alkyl halides is 4. The van der Waals surface area contributed by atoms with Gasteiger partial charge in [0, 0.05) is 15.3 Å². The van der Waals surface area contributed by atoms with E-state index in [0.717, 1.165) is 6.20 Å². The fourth-order valence-electron chi connectivity index (χ4n) is 0.964. The van der Waals surface area contributed by atoms with E-state index in [1.165, 1.54) is 0 Å². The molecule has 0 aliphatic rings. The molecule has 1 aromatic heterocycles. The number of nitrogens with zero attached hydrogens (tertiary/aromatic N) is 1. The van der Waals surface area contributed by atoms with Crippen LogP contribution in [0.1, 0.15) is 16.1 Å². The predicted molar refractivity (Wildman–Crippen MR) is 53.8 cm³/mol. The summed E-state index contributed by atoms with van der Waals surface area (Å²) < 4.78 is 52.3. The summed E-state index contributed by atoms with van der Waals surface area (Å²) in [5.41, 5.74) is -0.916. The Morgan fingerprint density at radius 2 is 2.12 bits per heavy atom. The molecule has 1 rings (SSSR count). The quantitative estimate of drug-likeness (QED) is 0.479. The molecule has 1 aromatic rings. The molecule has 0 N–H and O–H groups in total. The number of hydrogen-bond donors (Lipinski definition) is 0. The third-order valence-corrected chi connectivity index (χ3v) is 2.50. The number of hydrogen-bond acceptors (Lipinski definition) is 3.